The predicted octanol–water partition coefficient (Wildman–Crippen LogP) is 5.67. The summed E-state index contributed by atoms with van der Waals surface area (Å²) in [5.74, 6) is -0.507. The third-order valence-electron chi connectivity index (χ3n) is 5.03. The number of fused-ring (bicyclic) bond motifs is 1. The van der Waals surface area contributed by atoms with Crippen LogP contribution in [-0.2, 0) is 6.42 Å². The van der Waals surface area contributed by atoms with Crippen LogP contribution in [0.4, 0.5) is 4.39 Å². The van der Waals surface area contributed by atoms with Gasteiger partial charge in [0.2, 0.25) is 0 Å². The lowest BCUT2D eigenvalue weighted by molar-refractivity contribution is 0.101. The van der Waals surface area contributed by atoms with E-state index in [0.29, 0.717) is 11.4 Å². The molecule has 0 atom stereocenters. The highest BCUT2D eigenvalue weighted by atomic mass is 19.1. The van der Waals surface area contributed by atoms with Crippen LogP contribution in [0.5, 0.6) is 11.5 Å². The van der Waals surface area contributed by atoms with E-state index < -0.39 is 0 Å². The van der Waals surface area contributed by atoms with Gasteiger partial charge in [-0.2, -0.15) is 0 Å². The van der Waals surface area contributed by atoms with E-state index in [-0.39, 0.29) is 23.1 Å². The highest BCUT2D eigenvalue weighted by Crippen LogP contribution is 2.27. The summed E-state index contributed by atoms with van der Waals surface area (Å²) in [5.41, 5.74) is 9.64. The molecule has 4 aromatic rings. The monoisotopic (exact) mass is 465 g/mol. The number of benzene rings is 2. The van der Waals surface area contributed by atoms with E-state index in [1.165, 1.54) is 25.1 Å². The lowest BCUT2D eigenvalue weighted by Gasteiger charge is -2.06. The number of hydrogen-bond donors (Lipinski definition) is 3. The maximum absolute atomic E-state index is 13.1. The molecule has 0 bridgehead atoms. The zero-order chi connectivity index (χ0) is 25.3. The summed E-state index contributed by atoms with van der Waals surface area (Å²) in [7, 11) is 0. The third-order valence-corrected chi connectivity index (χ3v) is 5.03. The van der Waals surface area contributed by atoms with E-state index in [1.807, 2.05) is 36.4 Å². The molecule has 4 rings (SSSR count). The van der Waals surface area contributed by atoms with Crippen molar-refractivity contribution in [2.75, 3.05) is 6.54 Å². The number of rotatable bonds is 4. The molecule has 4 N–H and O–H groups in total. The number of carbonyl (C=O) groups excluding carboxylic acids is 1. The van der Waals surface area contributed by atoms with Crippen LogP contribution in [-0.4, -0.2) is 31.9 Å². The number of phenols is 2. The van der Waals surface area contributed by atoms with Gasteiger partial charge >= 0.3 is 0 Å². The summed E-state index contributed by atoms with van der Waals surface area (Å²) >= 11 is 0. The molecular formula is C27H32FN3O3. The minimum atomic E-state index is -0.302. The molecular weight excluding hydrogens is 433 g/mol. The van der Waals surface area contributed by atoms with Crippen LogP contribution >= 0.6 is 0 Å². The van der Waals surface area contributed by atoms with Crippen LogP contribution in [0.3, 0.4) is 0 Å². The molecule has 0 spiro atoms. The van der Waals surface area contributed by atoms with Gasteiger partial charge in [-0.05, 0) is 80.4 Å². The number of aromatic hydroxyl groups is 2. The van der Waals surface area contributed by atoms with E-state index >= 15 is 0 Å². The van der Waals surface area contributed by atoms with E-state index in [9.17, 15) is 9.18 Å². The van der Waals surface area contributed by atoms with Gasteiger partial charge in [-0.3, -0.25) is 9.20 Å². The molecule has 7 heteroatoms. The number of nitrogens with two attached hydrogens (primary N) is 1. The van der Waals surface area contributed by atoms with Gasteiger partial charge in [0.25, 0.3) is 0 Å². The molecule has 0 aliphatic heterocycles. The Labute approximate surface area is 199 Å². The average molecular weight is 466 g/mol. The summed E-state index contributed by atoms with van der Waals surface area (Å²) in [6.45, 7) is 8.31. The minimum absolute atomic E-state index is 0.0423. The largest absolute Gasteiger partial charge is 0.504 e. The Morgan fingerprint density at radius 1 is 1.03 bits per heavy atom. The summed E-state index contributed by atoms with van der Waals surface area (Å²) < 4.78 is 15.0. The number of hydrogen-bond acceptors (Lipinski definition) is 5. The number of ketones is 1. The highest BCUT2D eigenvalue weighted by molar-refractivity contribution is 5.99. The number of halogens is 1. The van der Waals surface area contributed by atoms with Crippen molar-refractivity contribution >= 4 is 11.4 Å². The van der Waals surface area contributed by atoms with Crippen LogP contribution in [0.15, 0.2) is 60.7 Å². The minimum Gasteiger partial charge on any atom is -0.504 e. The van der Waals surface area contributed by atoms with Crippen LogP contribution < -0.4 is 5.73 Å². The van der Waals surface area contributed by atoms with Crippen LogP contribution in [0, 0.1) is 12.7 Å². The zero-order valence-electron chi connectivity index (χ0n) is 20.0. The Kier molecular flexibility index (Phi) is 9.76. The molecule has 0 saturated heterocycles. The second kappa shape index (κ2) is 12.5. The average Bonchev–Trinajstić information content (AvgIpc) is 3.23. The first-order valence-electron chi connectivity index (χ1n) is 11.2. The Hall–Kier alpha value is -3.71. The number of carbonyl (C=O) groups is 1. The highest BCUT2D eigenvalue weighted by Gasteiger charge is 2.18. The Morgan fingerprint density at radius 3 is 2.21 bits per heavy atom. The third kappa shape index (κ3) is 6.65. The lowest BCUT2D eigenvalue weighted by atomic mass is 10.1. The number of aryl methyl sites for hydroxylation is 2. The summed E-state index contributed by atoms with van der Waals surface area (Å²) in [5, 5.41) is 17.9. The summed E-state index contributed by atoms with van der Waals surface area (Å²) in [4.78, 5) is 16.2. The second-order valence-electron chi connectivity index (χ2n) is 7.70. The first kappa shape index (κ1) is 26.5. The fraction of sp³-hybridized carbons (Fsp3) is 0.259. The van der Waals surface area contributed by atoms with Gasteiger partial charge < -0.3 is 15.9 Å². The van der Waals surface area contributed by atoms with Gasteiger partial charge in [0.15, 0.2) is 17.3 Å². The molecule has 6 nitrogen and oxygen atoms in total. The zero-order valence-corrected chi connectivity index (χ0v) is 20.0. The maximum atomic E-state index is 13.1. The van der Waals surface area contributed by atoms with Crippen molar-refractivity contribution < 1.29 is 19.4 Å². The van der Waals surface area contributed by atoms with Crippen molar-refractivity contribution in [1.29, 1.82) is 0 Å². The van der Waals surface area contributed by atoms with Gasteiger partial charge in [0.1, 0.15) is 17.2 Å². The number of aromatic nitrogens is 2. The quantitative estimate of drug-likeness (QED) is 0.266. The molecule has 0 unspecified atom stereocenters. The van der Waals surface area contributed by atoms with Crippen LogP contribution in [0.2, 0.25) is 0 Å². The molecule has 0 radical (unpaired) electrons. The topological polar surface area (TPSA) is 101 Å². The van der Waals surface area contributed by atoms with Crippen molar-refractivity contribution in [2.45, 2.75) is 40.5 Å². The first-order chi connectivity index (χ1) is 16.2. The molecule has 0 aliphatic carbocycles. The number of Topliss-reactive ketones (excluding diaryl/α,β-unsaturated/α-hetero) is 1. The van der Waals surface area contributed by atoms with Crippen molar-refractivity contribution in [1.82, 2.24) is 9.38 Å². The van der Waals surface area contributed by atoms with Gasteiger partial charge in [0.05, 0.1) is 5.69 Å². The fourth-order valence-electron chi connectivity index (χ4n) is 3.16. The fourth-order valence-corrected chi connectivity index (χ4v) is 3.16. The van der Waals surface area contributed by atoms with E-state index in [2.05, 4.69) is 11.9 Å². The Balaban J connectivity index is 0.000000244. The predicted molar refractivity (Wildman–Crippen MR) is 134 cm³/mol. The molecule has 2 aromatic heterocycles. The van der Waals surface area contributed by atoms with Gasteiger partial charge in [-0.1, -0.05) is 26.0 Å². The van der Waals surface area contributed by atoms with Crippen molar-refractivity contribution in [2.24, 2.45) is 5.73 Å². The molecule has 180 valence electrons. The van der Waals surface area contributed by atoms with Gasteiger partial charge in [-0.25, -0.2) is 9.37 Å². The lowest BCUT2D eigenvalue weighted by Crippen LogP contribution is -1.98. The van der Waals surface area contributed by atoms with Crippen molar-refractivity contribution in [3.63, 3.8) is 0 Å². The van der Waals surface area contributed by atoms with Crippen molar-refractivity contribution in [3.05, 3.63) is 83.4 Å². The second-order valence-corrected chi connectivity index (χ2v) is 7.70. The molecule has 0 fully saturated rings. The molecule has 2 aromatic carbocycles. The first-order valence-corrected chi connectivity index (χ1v) is 11.2. The molecule has 0 amide bonds. The van der Waals surface area contributed by atoms with Gasteiger partial charge in [0, 0.05) is 18.2 Å². The Bertz CT molecular complexity index is 1230. The number of pyridine rings is 1. The molecule has 0 saturated carbocycles. The molecule has 34 heavy (non-hydrogen) atoms. The number of imidazole rings is 1. The maximum Gasteiger partial charge on any atom is 0.180 e. The van der Waals surface area contributed by atoms with Gasteiger partial charge in [-0.15, -0.1) is 0 Å². The number of nitrogens with zero attached hydrogens (tertiary/aromatic N) is 2. The standard InChI is InChI=1S/C16H13FN2O.C8H10O2.C3H9N/c1-10-4-3-5-14-18-15(11(2)20)16(19(10)14)12-6-8-13(17)9-7-12;1-2-6-3-4-7(9)8(10)5-6;1-2-3-4/h3-9H,1-2H3;3-5,9-10H,2H2,1H3;2-4H2,1H3. The normalized spacial score (nSPS) is 10.2. The SMILES string of the molecule is CC(=O)c1nc2cccc(C)n2c1-c1ccc(F)cc1.CCCN.CCc1ccc(O)c(O)c1. The summed E-state index contributed by atoms with van der Waals surface area (Å²) in [6, 6.07) is 16.6. The Morgan fingerprint density at radius 2 is 1.68 bits per heavy atom. The van der Waals surface area contributed by atoms with E-state index in [4.69, 9.17) is 15.9 Å². The number of phenolic OH excluding ortho intramolecular Hbond substituents is 2. The van der Waals surface area contributed by atoms with E-state index in [0.717, 1.165) is 41.9 Å². The van der Waals surface area contributed by atoms with Crippen molar-refractivity contribution in [3.8, 4) is 22.8 Å². The van der Waals surface area contributed by atoms with Crippen LogP contribution in [0.1, 0.15) is 48.9 Å². The van der Waals surface area contributed by atoms with E-state index in [1.54, 1.807) is 24.3 Å². The van der Waals surface area contributed by atoms with Crippen LogP contribution in [0.25, 0.3) is 16.9 Å². The smallest absolute Gasteiger partial charge is 0.180 e. The molecule has 0 aliphatic rings. The molecule has 2 heterocycles. The summed E-state index contributed by atoms with van der Waals surface area (Å²) in [6.07, 6.45) is 1.97.